The second-order valence-corrected chi connectivity index (χ2v) is 11.0. The van der Waals surface area contributed by atoms with Gasteiger partial charge in [-0.1, -0.05) is 44.2 Å². The van der Waals surface area contributed by atoms with Gasteiger partial charge in [-0.2, -0.15) is 0 Å². The first-order valence-corrected chi connectivity index (χ1v) is 12.9. The molecule has 1 saturated heterocycles. The van der Waals surface area contributed by atoms with Crippen molar-refractivity contribution in [3.63, 3.8) is 0 Å². The minimum atomic E-state index is -0.877. The van der Waals surface area contributed by atoms with Gasteiger partial charge in [0.2, 0.25) is 0 Å². The second-order valence-electron chi connectivity index (χ2n) is 11.0. The molecule has 1 amide bonds. The van der Waals surface area contributed by atoms with Crippen LogP contribution in [-0.2, 0) is 16.1 Å². The van der Waals surface area contributed by atoms with Gasteiger partial charge in [-0.25, -0.2) is 0 Å². The Kier molecular flexibility index (Phi) is 7.72. The Morgan fingerprint density at radius 2 is 1.64 bits per heavy atom. The summed E-state index contributed by atoms with van der Waals surface area (Å²) in [6, 6.07) is 18.0. The lowest BCUT2D eigenvalue weighted by Gasteiger charge is -2.28. The summed E-state index contributed by atoms with van der Waals surface area (Å²) in [6.07, 6.45) is 0. The van der Waals surface area contributed by atoms with Crippen LogP contribution in [0.25, 0.3) is 5.76 Å². The number of carbonyl (C=O) groups excluding carboxylic acids is 2. The molecule has 0 spiro atoms. The maximum atomic E-state index is 13.5. The molecule has 0 bridgehead atoms. The van der Waals surface area contributed by atoms with Gasteiger partial charge in [0, 0.05) is 11.1 Å². The Morgan fingerprint density at radius 1 is 0.974 bits per heavy atom. The van der Waals surface area contributed by atoms with Gasteiger partial charge in [0.15, 0.2) is 0 Å². The minimum Gasteiger partial charge on any atom is -0.508 e. The topological polar surface area (TPSA) is 96.3 Å². The van der Waals surface area contributed by atoms with Gasteiger partial charge in [-0.3, -0.25) is 9.59 Å². The van der Waals surface area contributed by atoms with E-state index >= 15 is 0 Å². The van der Waals surface area contributed by atoms with Crippen LogP contribution in [0.5, 0.6) is 17.2 Å². The fourth-order valence-corrected chi connectivity index (χ4v) is 4.78. The van der Waals surface area contributed by atoms with Crippen molar-refractivity contribution in [1.29, 1.82) is 0 Å². The zero-order chi connectivity index (χ0) is 28.5. The Bertz CT molecular complexity index is 1420. The molecule has 2 N–H and O–H groups in total. The van der Waals surface area contributed by atoms with Crippen LogP contribution in [0.3, 0.4) is 0 Å². The molecule has 204 valence electrons. The van der Waals surface area contributed by atoms with Gasteiger partial charge in [0.25, 0.3) is 11.7 Å². The van der Waals surface area contributed by atoms with Gasteiger partial charge in [-0.05, 0) is 74.2 Å². The van der Waals surface area contributed by atoms with Crippen LogP contribution in [0.4, 0.5) is 0 Å². The number of Topliss-reactive ketones (excluding diaryl/α,β-unsaturated/α-hetero) is 1. The van der Waals surface area contributed by atoms with E-state index in [-0.39, 0.29) is 29.5 Å². The van der Waals surface area contributed by atoms with Crippen molar-refractivity contribution in [2.45, 2.75) is 58.7 Å². The second kappa shape index (κ2) is 10.8. The van der Waals surface area contributed by atoms with Crippen LogP contribution in [0.1, 0.15) is 68.8 Å². The molecule has 1 fully saturated rings. The van der Waals surface area contributed by atoms with Crippen molar-refractivity contribution in [1.82, 2.24) is 4.90 Å². The first kappa shape index (κ1) is 27.8. The van der Waals surface area contributed by atoms with Gasteiger partial charge >= 0.3 is 0 Å². The fraction of sp³-hybridized carbons (Fsp3) is 0.312. The summed E-state index contributed by atoms with van der Waals surface area (Å²) in [7, 11) is 1.58. The quantitative estimate of drug-likeness (QED) is 0.211. The number of carbonyl (C=O) groups is 2. The summed E-state index contributed by atoms with van der Waals surface area (Å²) in [6.45, 7) is 9.91. The maximum Gasteiger partial charge on any atom is 0.295 e. The summed E-state index contributed by atoms with van der Waals surface area (Å²) in [4.78, 5) is 28.5. The number of benzene rings is 3. The summed E-state index contributed by atoms with van der Waals surface area (Å²) in [5.41, 5.74) is 2.11. The third-order valence-electron chi connectivity index (χ3n) is 6.60. The number of methoxy groups -OCH3 is 1. The molecule has 1 unspecified atom stereocenters. The van der Waals surface area contributed by atoms with Gasteiger partial charge < -0.3 is 24.6 Å². The van der Waals surface area contributed by atoms with Crippen LogP contribution in [0, 0.1) is 0 Å². The van der Waals surface area contributed by atoms with Crippen LogP contribution in [0.2, 0.25) is 0 Å². The average Bonchev–Trinajstić information content (AvgIpc) is 3.13. The van der Waals surface area contributed by atoms with Crippen molar-refractivity contribution in [3.05, 3.63) is 94.6 Å². The van der Waals surface area contributed by atoms with Crippen molar-refractivity contribution < 1.29 is 29.3 Å². The number of aliphatic hydroxyl groups excluding tert-OH is 1. The molecule has 7 nitrogen and oxygen atoms in total. The molecule has 0 aliphatic carbocycles. The predicted octanol–water partition coefficient (Wildman–Crippen LogP) is 6.32. The van der Waals surface area contributed by atoms with E-state index in [1.807, 2.05) is 58.9 Å². The third kappa shape index (κ3) is 5.77. The number of para-hydroxylation sites is 1. The molecule has 39 heavy (non-hydrogen) atoms. The number of amides is 1. The highest BCUT2D eigenvalue weighted by Crippen LogP contribution is 2.42. The Labute approximate surface area is 229 Å². The molecule has 3 aromatic carbocycles. The maximum absolute atomic E-state index is 13.5. The number of aromatic hydroxyl groups is 1. The minimum absolute atomic E-state index is 0.0141. The summed E-state index contributed by atoms with van der Waals surface area (Å²) < 4.78 is 11.6. The highest BCUT2D eigenvalue weighted by molar-refractivity contribution is 6.46. The first-order chi connectivity index (χ1) is 18.4. The van der Waals surface area contributed by atoms with E-state index < -0.39 is 23.3 Å². The molecule has 1 aliphatic heterocycles. The molecule has 1 aliphatic rings. The summed E-state index contributed by atoms with van der Waals surface area (Å²) in [5, 5.41) is 21.4. The molecule has 0 saturated carbocycles. The molecule has 1 atom stereocenters. The number of phenolic OH excluding ortho intramolecular Hbond substituents is 1. The summed E-state index contributed by atoms with van der Waals surface area (Å²) in [5.74, 6) is -0.337. The van der Waals surface area contributed by atoms with Crippen LogP contribution in [0.15, 0.2) is 72.3 Å². The molecule has 4 rings (SSSR count). The lowest BCUT2D eigenvalue weighted by molar-refractivity contribution is -0.140. The fourth-order valence-electron chi connectivity index (χ4n) is 4.78. The van der Waals surface area contributed by atoms with E-state index in [0.717, 1.165) is 11.1 Å². The number of likely N-dealkylation sites (tertiary alicyclic amines) is 1. The van der Waals surface area contributed by atoms with E-state index in [4.69, 9.17) is 9.47 Å². The number of hydrogen-bond acceptors (Lipinski definition) is 6. The zero-order valence-corrected chi connectivity index (χ0v) is 23.2. The largest absolute Gasteiger partial charge is 0.508 e. The molecule has 0 aromatic heterocycles. The van der Waals surface area contributed by atoms with Gasteiger partial charge in [0.1, 0.15) is 28.6 Å². The van der Waals surface area contributed by atoms with Gasteiger partial charge in [0.05, 0.1) is 25.3 Å². The molecule has 0 radical (unpaired) electrons. The average molecular weight is 530 g/mol. The highest BCUT2D eigenvalue weighted by Gasteiger charge is 2.46. The van der Waals surface area contributed by atoms with Crippen molar-refractivity contribution in [3.8, 4) is 17.2 Å². The number of nitrogens with zero attached hydrogens (tertiary/aromatic N) is 1. The molecular weight excluding hydrogens is 494 g/mol. The number of phenols is 1. The monoisotopic (exact) mass is 529 g/mol. The molecular formula is C32H35NO6. The molecule has 3 aromatic rings. The van der Waals surface area contributed by atoms with Crippen molar-refractivity contribution in [2.24, 2.45) is 0 Å². The Morgan fingerprint density at radius 3 is 2.26 bits per heavy atom. The summed E-state index contributed by atoms with van der Waals surface area (Å²) >= 11 is 0. The molecule has 1 heterocycles. The standard InChI is InChI=1S/C32H35NO6/c1-19(2)24-17-21(13-16-26(24)38-6)29(35)27-28(20-11-14-23(34)15-12-20)33(31(37)30(27)36)18-22-9-7-8-10-25(22)39-32(3,4)5/h7-17,19,28,34-35H,18H2,1-6H3/b29-27-. The van der Waals surface area contributed by atoms with E-state index in [1.54, 1.807) is 37.4 Å². The number of aliphatic hydroxyl groups is 1. The number of hydrogen-bond donors (Lipinski definition) is 2. The smallest absolute Gasteiger partial charge is 0.295 e. The Hall–Kier alpha value is -4.26. The van der Waals surface area contributed by atoms with Crippen molar-refractivity contribution in [2.75, 3.05) is 7.11 Å². The molecule has 7 heteroatoms. The lowest BCUT2D eigenvalue weighted by Crippen LogP contribution is -2.30. The number of ketones is 1. The predicted molar refractivity (Wildman–Crippen MR) is 150 cm³/mol. The Balaban J connectivity index is 1.86. The number of ether oxygens (including phenoxy) is 2. The van der Waals surface area contributed by atoms with E-state index in [0.29, 0.717) is 22.6 Å². The van der Waals surface area contributed by atoms with E-state index in [9.17, 15) is 19.8 Å². The highest BCUT2D eigenvalue weighted by atomic mass is 16.5. The van der Waals surface area contributed by atoms with E-state index in [2.05, 4.69) is 0 Å². The van der Waals surface area contributed by atoms with Crippen molar-refractivity contribution >= 4 is 17.4 Å². The third-order valence-corrected chi connectivity index (χ3v) is 6.60. The first-order valence-electron chi connectivity index (χ1n) is 12.9. The van der Waals surface area contributed by atoms with Crippen LogP contribution in [-0.4, -0.2) is 39.5 Å². The lowest BCUT2D eigenvalue weighted by atomic mass is 9.93. The normalized spacial score (nSPS) is 17.1. The SMILES string of the molecule is COc1ccc(/C(O)=C2/C(=O)C(=O)N(Cc3ccccc3OC(C)(C)C)C2c2ccc(O)cc2)cc1C(C)C. The van der Waals surface area contributed by atoms with Gasteiger partial charge in [-0.15, -0.1) is 0 Å². The number of rotatable bonds is 7. The van der Waals surface area contributed by atoms with E-state index in [1.165, 1.54) is 17.0 Å². The van der Waals surface area contributed by atoms with Crippen LogP contribution >= 0.6 is 0 Å². The van der Waals surface area contributed by atoms with Crippen LogP contribution < -0.4 is 9.47 Å². The zero-order valence-electron chi connectivity index (χ0n) is 23.2.